The zero-order chi connectivity index (χ0) is 22.0. The number of hydrogen-bond donors (Lipinski definition) is 0. The number of hydrogen-bond acceptors (Lipinski definition) is 6. The van der Waals surface area contributed by atoms with E-state index in [1.807, 2.05) is 6.92 Å². The van der Waals surface area contributed by atoms with Gasteiger partial charge in [0.25, 0.3) is 11.8 Å². The second-order valence-electron chi connectivity index (χ2n) is 7.04. The maximum atomic E-state index is 12.9. The lowest BCUT2D eigenvalue weighted by Gasteiger charge is -2.23. The number of imide groups is 1. The van der Waals surface area contributed by atoms with E-state index in [0.29, 0.717) is 34.7 Å². The highest BCUT2D eigenvalue weighted by Crippen LogP contribution is 2.27. The first kappa shape index (κ1) is 20.7. The molecule has 0 bridgehead atoms. The van der Waals surface area contributed by atoms with E-state index in [9.17, 15) is 14.4 Å². The van der Waals surface area contributed by atoms with Gasteiger partial charge in [0.1, 0.15) is 6.54 Å². The largest absolute Gasteiger partial charge is 0.419 e. The lowest BCUT2D eigenvalue weighted by molar-refractivity contribution is -0.132. The van der Waals surface area contributed by atoms with E-state index in [-0.39, 0.29) is 30.8 Å². The Morgan fingerprint density at radius 3 is 2.23 bits per heavy atom. The highest BCUT2D eigenvalue weighted by atomic mass is 35.5. The first-order chi connectivity index (χ1) is 15.0. The molecule has 3 amide bonds. The highest BCUT2D eigenvalue weighted by Gasteiger charge is 2.37. The zero-order valence-corrected chi connectivity index (χ0v) is 17.5. The van der Waals surface area contributed by atoms with E-state index >= 15 is 0 Å². The second kappa shape index (κ2) is 8.69. The molecule has 0 saturated carbocycles. The molecule has 0 saturated heterocycles. The van der Waals surface area contributed by atoms with Crippen molar-refractivity contribution in [2.45, 2.75) is 19.9 Å². The van der Waals surface area contributed by atoms with Gasteiger partial charge in [-0.15, -0.1) is 10.2 Å². The minimum absolute atomic E-state index is 0.0628. The van der Waals surface area contributed by atoms with Crippen LogP contribution in [0.4, 0.5) is 0 Å². The molecule has 158 valence electrons. The number of carbonyl (C=O) groups is 3. The van der Waals surface area contributed by atoms with Crippen molar-refractivity contribution in [2.24, 2.45) is 0 Å². The molecule has 3 aromatic rings. The van der Waals surface area contributed by atoms with Gasteiger partial charge in [0.2, 0.25) is 17.7 Å². The molecule has 0 N–H and O–H groups in total. The van der Waals surface area contributed by atoms with Crippen molar-refractivity contribution in [1.82, 2.24) is 20.0 Å². The van der Waals surface area contributed by atoms with Crippen molar-refractivity contribution in [2.75, 3.05) is 13.1 Å². The molecule has 0 aliphatic carbocycles. The van der Waals surface area contributed by atoms with Crippen LogP contribution in [0.2, 0.25) is 5.02 Å². The van der Waals surface area contributed by atoms with E-state index < -0.39 is 11.8 Å². The molecule has 0 radical (unpaired) electrons. The fourth-order valence-electron chi connectivity index (χ4n) is 3.40. The van der Waals surface area contributed by atoms with Gasteiger partial charge in [-0.05, 0) is 30.7 Å². The summed E-state index contributed by atoms with van der Waals surface area (Å²) in [5.41, 5.74) is 1.22. The van der Waals surface area contributed by atoms with Gasteiger partial charge in [0, 0.05) is 6.54 Å². The van der Waals surface area contributed by atoms with Crippen molar-refractivity contribution in [3.63, 3.8) is 0 Å². The van der Waals surface area contributed by atoms with Gasteiger partial charge >= 0.3 is 0 Å². The van der Waals surface area contributed by atoms with Gasteiger partial charge < -0.3 is 9.32 Å². The average molecular weight is 439 g/mol. The lowest BCUT2D eigenvalue weighted by atomic mass is 10.1. The van der Waals surface area contributed by atoms with Gasteiger partial charge in [0.05, 0.1) is 28.3 Å². The quantitative estimate of drug-likeness (QED) is 0.524. The summed E-state index contributed by atoms with van der Waals surface area (Å²) in [6, 6.07) is 13.6. The minimum atomic E-state index is -0.468. The lowest BCUT2D eigenvalue weighted by Crippen LogP contribution is -2.42. The summed E-state index contributed by atoms with van der Waals surface area (Å²) in [7, 11) is 0. The molecule has 1 aromatic heterocycles. The molecule has 31 heavy (non-hydrogen) atoms. The topological polar surface area (TPSA) is 96.6 Å². The molecular formula is C22H19ClN4O4. The molecule has 0 fully saturated rings. The van der Waals surface area contributed by atoms with Crippen LogP contribution in [0.1, 0.15) is 40.0 Å². The van der Waals surface area contributed by atoms with Crippen LogP contribution in [0.3, 0.4) is 0 Å². The van der Waals surface area contributed by atoms with Crippen molar-refractivity contribution >= 4 is 29.3 Å². The molecule has 1 aliphatic heterocycles. The van der Waals surface area contributed by atoms with Crippen LogP contribution in [-0.4, -0.2) is 50.8 Å². The number of carbonyl (C=O) groups excluding carboxylic acids is 3. The summed E-state index contributed by atoms with van der Waals surface area (Å²) in [6.07, 6.45) is 0.680. The molecular weight excluding hydrogens is 420 g/mol. The SMILES string of the molecule is CCCN(Cc1nnc(-c2ccccc2Cl)o1)C(=O)CN1C(=O)c2ccccc2C1=O. The average Bonchev–Trinajstić information content (AvgIpc) is 3.33. The molecule has 0 spiro atoms. The number of halogens is 1. The van der Waals surface area contributed by atoms with E-state index in [2.05, 4.69) is 10.2 Å². The Hall–Kier alpha value is -3.52. The Labute approximate surface area is 183 Å². The number of amides is 3. The van der Waals surface area contributed by atoms with Crippen LogP contribution in [0, 0.1) is 0 Å². The first-order valence-electron chi connectivity index (χ1n) is 9.80. The Kier molecular flexibility index (Phi) is 5.81. The maximum absolute atomic E-state index is 12.9. The van der Waals surface area contributed by atoms with Crippen molar-refractivity contribution < 1.29 is 18.8 Å². The van der Waals surface area contributed by atoms with Crippen LogP contribution in [-0.2, 0) is 11.3 Å². The van der Waals surface area contributed by atoms with E-state index in [0.717, 1.165) is 4.90 Å². The van der Waals surface area contributed by atoms with E-state index in [4.69, 9.17) is 16.0 Å². The molecule has 8 nitrogen and oxygen atoms in total. The van der Waals surface area contributed by atoms with Gasteiger partial charge in [-0.25, -0.2) is 0 Å². The van der Waals surface area contributed by atoms with Crippen LogP contribution in [0.15, 0.2) is 52.9 Å². The fourth-order valence-corrected chi connectivity index (χ4v) is 3.62. The molecule has 9 heteroatoms. The monoisotopic (exact) mass is 438 g/mol. The van der Waals surface area contributed by atoms with Gasteiger partial charge in [-0.2, -0.15) is 0 Å². The number of benzene rings is 2. The van der Waals surface area contributed by atoms with E-state index in [1.165, 1.54) is 4.90 Å². The summed E-state index contributed by atoms with van der Waals surface area (Å²) < 4.78 is 5.69. The summed E-state index contributed by atoms with van der Waals surface area (Å²) in [4.78, 5) is 40.5. The number of fused-ring (bicyclic) bond motifs is 1. The van der Waals surface area contributed by atoms with Crippen LogP contribution >= 0.6 is 11.6 Å². The predicted octanol–water partition coefficient (Wildman–Crippen LogP) is 3.42. The summed E-state index contributed by atoms with van der Waals surface area (Å²) in [5.74, 6) is -0.828. The van der Waals surface area contributed by atoms with Crippen LogP contribution in [0.5, 0.6) is 0 Å². The third-order valence-corrected chi connectivity index (χ3v) is 5.24. The normalized spacial score (nSPS) is 12.9. The Bertz CT molecular complexity index is 1120. The summed E-state index contributed by atoms with van der Waals surface area (Å²) >= 11 is 6.17. The van der Waals surface area contributed by atoms with Crippen molar-refractivity contribution in [3.05, 3.63) is 70.6 Å². The number of rotatable bonds is 7. The third kappa shape index (κ3) is 4.06. The van der Waals surface area contributed by atoms with Crippen molar-refractivity contribution in [3.8, 4) is 11.5 Å². The van der Waals surface area contributed by atoms with Gasteiger partial charge in [-0.1, -0.05) is 42.8 Å². The first-order valence-corrected chi connectivity index (χ1v) is 10.2. The second-order valence-corrected chi connectivity index (χ2v) is 7.45. The van der Waals surface area contributed by atoms with E-state index in [1.54, 1.807) is 48.5 Å². The molecule has 0 unspecified atom stereocenters. The van der Waals surface area contributed by atoms with Crippen LogP contribution in [0.25, 0.3) is 11.5 Å². The molecule has 2 aromatic carbocycles. The maximum Gasteiger partial charge on any atom is 0.262 e. The summed E-state index contributed by atoms with van der Waals surface area (Å²) in [6.45, 7) is 2.04. The van der Waals surface area contributed by atoms with Gasteiger partial charge in [0.15, 0.2) is 0 Å². The highest BCUT2D eigenvalue weighted by molar-refractivity contribution is 6.33. The summed E-state index contributed by atoms with van der Waals surface area (Å²) in [5, 5.41) is 8.51. The Morgan fingerprint density at radius 1 is 1.00 bits per heavy atom. The zero-order valence-electron chi connectivity index (χ0n) is 16.7. The number of nitrogens with zero attached hydrogens (tertiary/aromatic N) is 4. The predicted molar refractivity (Wildman–Crippen MR) is 112 cm³/mol. The standard InChI is InChI=1S/C22H19ClN4O4/c1-2-11-26(12-18-24-25-20(31-18)16-9-5-6-10-17(16)23)19(28)13-27-21(29)14-7-3-4-8-15(14)22(27)30/h3-10H,2,11-13H2,1H3. The van der Waals surface area contributed by atoms with Crippen molar-refractivity contribution in [1.29, 1.82) is 0 Å². The fraction of sp³-hybridized carbons (Fsp3) is 0.227. The van der Waals surface area contributed by atoms with Gasteiger partial charge in [-0.3, -0.25) is 19.3 Å². The molecule has 1 aliphatic rings. The van der Waals surface area contributed by atoms with Crippen LogP contribution < -0.4 is 0 Å². The molecule has 4 rings (SSSR count). The Morgan fingerprint density at radius 2 is 1.61 bits per heavy atom. The molecule has 0 atom stereocenters. The third-order valence-electron chi connectivity index (χ3n) is 4.92. The smallest absolute Gasteiger partial charge is 0.262 e. The Balaban J connectivity index is 1.48. The minimum Gasteiger partial charge on any atom is -0.419 e. The molecule has 2 heterocycles. The number of aromatic nitrogens is 2.